The first kappa shape index (κ1) is 14.9. The molecule has 0 aliphatic heterocycles. The topological polar surface area (TPSA) is 37.8 Å². The zero-order valence-corrected chi connectivity index (χ0v) is 13.4. The minimum Gasteiger partial charge on any atom is -0.366 e. The van der Waals surface area contributed by atoms with Gasteiger partial charge >= 0.3 is 0 Å². The molecule has 19 heavy (non-hydrogen) atoms. The molecule has 2 unspecified atom stereocenters. The van der Waals surface area contributed by atoms with Crippen LogP contribution in [0.2, 0.25) is 5.15 Å². The molecule has 2 atom stereocenters. The molecule has 0 spiro atoms. The molecule has 3 nitrogen and oxygen atoms in total. The highest BCUT2D eigenvalue weighted by Crippen LogP contribution is 2.29. The highest BCUT2D eigenvalue weighted by Gasteiger charge is 2.24. The van der Waals surface area contributed by atoms with E-state index in [4.69, 9.17) is 11.6 Å². The van der Waals surface area contributed by atoms with Crippen LogP contribution in [0, 0.1) is 0 Å². The van der Waals surface area contributed by atoms with Gasteiger partial charge in [-0.3, -0.25) is 0 Å². The zero-order chi connectivity index (χ0) is 13.8. The number of hydrogen-bond acceptors (Lipinski definition) is 4. The summed E-state index contributed by atoms with van der Waals surface area (Å²) in [5.41, 5.74) is 0. The van der Waals surface area contributed by atoms with Gasteiger partial charge in [0.2, 0.25) is 0 Å². The lowest BCUT2D eigenvalue weighted by Gasteiger charge is -2.31. The molecule has 1 saturated carbocycles. The summed E-state index contributed by atoms with van der Waals surface area (Å²) in [7, 11) is 0. The maximum Gasteiger partial charge on any atom is 0.135 e. The van der Waals surface area contributed by atoms with Crippen molar-refractivity contribution in [2.24, 2.45) is 0 Å². The van der Waals surface area contributed by atoms with Gasteiger partial charge in [0.25, 0.3) is 0 Å². The van der Waals surface area contributed by atoms with Crippen LogP contribution in [0.15, 0.2) is 6.07 Å². The second-order valence-corrected chi connectivity index (χ2v) is 6.86. The van der Waals surface area contributed by atoms with Crippen molar-refractivity contribution in [3.63, 3.8) is 0 Å². The monoisotopic (exact) mass is 299 g/mol. The number of rotatable bonds is 4. The first-order valence-corrected chi connectivity index (χ1v) is 8.60. The van der Waals surface area contributed by atoms with E-state index >= 15 is 0 Å². The van der Waals surface area contributed by atoms with E-state index in [-0.39, 0.29) is 0 Å². The van der Waals surface area contributed by atoms with Crippen molar-refractivity contribution >= 4 is 29.2 Å². The summed E-state index contributed by atoms with van der Waals surface area (Å²) < 4.78 is 0. The Labute approximate surface area is 124 Å². The molecule has 1 aliphatic carbocycles. The van der Waals surface area contributed by atoms with Gasteiger partial charge in [-0.1, -0.05) is 38.3 Å². The Balaban J connectivity index is 2.13. The van der Waals surface area contributed by atoms with Gasteiger partial charge in [0, 0.05) is 23.3 Å². The summed E-state index contributed by atoms with van der Waals surface area (Å²) in [5, 5.41) is 4.76. The van der Waals surface area contributed by atoms with E-state index in [1.165, 1.54) is 25.7 Å². The van der Waals surface area contributed by atoms with Gasteiger partial charge in [-0.05, 0) is 19.1 Å². The van der Waals surface area contributed by atoms with Crippen molar-refractivity contribution < 1.29 is 0 Å². The number of nitrogens with zero attached hydrogens (tertiary/aromatic N) is 2. The van der Waals surface area contributed by atoms with E-state index in [1.807, 2.05) is 17.8 Å². The molecule has 0 bridgehead atoms. The minimum absolute atomic E-state index is 0.293. The number of hydrogen-bond donors (Lipinski definition) is 1. The maximum atomic E-state index is 6.09. The van der Waals surface area contributed by atoms with Crippen LogP contribution in [0.5, 0.6) is 0 Å². The maximum absolute atomic E-state index is 6.09. The summed E-state index contributed by atoms with van der Waals surface area (Å²) in [5.74, 6) is 1.98. The van der Waals surface area contributed by atoms with E-state index in [0.717, 1.165) is 11.6 Å². The molecule has 1 aromatic rings. The Bertz CT molecular complexity index is 425. The van der Waals surface area contributed by atoms with E-state index in [0.29, 0.717) is 22.4 Å². The molecule has 2 rings (SSSR count). The summed E-state index contributed by atoms with van der Waals surface area (Å²) in [6, 6.07) is 2.33. The van der Waals surface area contributed by atoms with E-state index in [2.05, 4.69) is 35.4 Å². The molecule has 106 valence electrons. The van der Waals surface area contributed by atoms with Gasteiger partial charge in [-0.25, -0.2) is 9.97 Å². The highest BCUT2D eigenvalue weighted by molar-refractivity contribution is 7.99. The second kappa shape index (κ2) is 6.80. The Morgan fingerprint density at radius 1 is 1.32 bits per heavy atom. The van der Waals surface area contributed by atoms with Crippen LogP contribution in [-0.2, 0) is 0 Å². The Morgan fingerprint density at radius 2 is 2.05 bits per heavy atom. The SMILES string of the molecule is CSC1CCCCC1Nc1cc(Cl)nc(C(C)C)n1. The molecule has 0 radical (unpaired) electrons. The molecule has 0 saturated heterocycles. The van der Waals surface area contributed by atoms with Crippen LogP contribution >= 0.6 is 23.4 Å². The third kappa shape index (κ3) is 3.99. The Hall–Kier alpha value is -0.480. The highest BCUT2D eigenvalue weighted by atomic mass is 35.5. The quantitative estimate of drug-likeness (QED) is 0.839. The third-order valence-electron chi connectivity index (χ3n) is 3.57. The minimum atomic E-state index is 0.293. The lowest BCUT2D eigenvalue weighted by molar-refractivity contribution is 0.474. The number of aromatic nitrogens is 2. The fraction of sp³-hybridized carbons (Fsp3) is 0.714. The standard InChI is InChI=1S/C14H22ClN3S/c1-9(2)14-17-12(15)8-13(18-14)16-10-6-4-5-7-11(10)19-3/h8-11H,4-7H2,1-3H3,(H,16,17,18). The fourth-order valence-corrected chi connectivity index (χ4v) is 3.63. The van der Waals surface area contributed by atoms with Crippen LogP contribution in [0.25, 0.3) is 0 Å². The zero-order valence-electron chi connectivity index (χ0n) is 11.8. The first-order valence-electron chi connectivity index (χ1n) is 6.94. The average molecular weight is 300 g/mol. The van der Waals surface area contributed by atoms with Crippen LogP contribution in [0.4, 0.5) is 5.82 Å². The summed E-state index contributed by atoms with van der Waals surface area (Å²) >= 11 is 8.03. The van der Waals surface area contributed by atoms with Gasteiger partial charge in [0.05, 0.1) is 0 Å². The summed E-state index contributed by atoms with van der Waals surface area (Å²) in [6.45, 7) is 4.17. The number of halogens is 1. The van der Waals surface area contributed by atoms with Crippen LogP contribution in [0.3, 0.4) is 0 Å². The van der Waals surface area contributed by atoms with Gasteiger partial charge < -0.3 is 5.32 Å². The molecule has 1 heterocycles. The Morgan fingerprint density at radius 3 is 2.74 bits per heavy atom. The molecule has 1 N–H and O–H groups in total. The smallest absolute Gasteiger partial charge is 0.135 e. The predicted molar refractivity (Wildman–Crippen MR) is 84.3 cm³/mol. The predicted octanol–water partition coefficient (Wildman–Crippen LogP) is 4.34. The summed E-state index contributed by atoms with van der Waals surface area (Å²) in [4.78, 5) is 8.85. The van der Waals surface area contributed by atoms with Crippen molar-refractivity contribution in [1.29, 1.82) is 0 Å². The number of thioether (sulfide) groups is 1. The van der Waals surface area contributed by atoms with Gasteiger partial charge in [0.1, 0.15) is 16.8 Å². The fourth-order valence-electron chi connectivity index (χ4n) is 2.50. The van der Waals surface area contributed by atoms with Crippen LogP contribution < -0.4 is 5.32 Å². The van der Waals surface area contributed by atoms with E-state index < -0.39 is 0 Å². The van der Waals surface area contributed by atoms with E-state index in [1.54, 1.807) is 0 Å². The molecule has 5 heteroatoms. The van der Waals surface area contributed by atoms with Crippen molar-refractivity contribution in [2.45, 2.75) is 56.7 Å². The normalized spacial score (nSPS) is 23.6. The first-order chi connectivity index (χ1) is 9.10. The van der Waals surface area contributed by atoms with Crippen molar-refractivity contribution in [2.75, 3.05) is 11.6 Å². The van der Waals surface area contributed by atoms with E-state index in [9.17, 15) is 0 Å². The Kier molecular flexibility index (Phi) is 5.34. The molecule has 1 aliphatic rings. The van der Waals surface area contributed by atoms with Gasteiger partial charge in [-0.2, -0.15) is 11.8 Å². The third-order valence-corrected chi connectivity index (χ3v) is 4.93. The average Bonchev–Trinajstić information content (AvgIpc) is 2.38. The molecule has 0 aromatic carbocycles. The van der Waals surface area contributed by atoms with Gasteiger partial charge in [-0.15, -0.1) is 0 Å². The lowest BCUT2D eigenvalue weighted by Crippen LogP contribution is -2.34. The van der Waals surface area contributed by atoms with Crippen molar-refractivity contribution in [3.05, 3.63) is 17.0 Å². The molecular formula is C14H22ClN3S. The van der Waals surface area contributed by atoms with Gasteiger partial charge in [0.15, 0.2) is 0 Å². The number of anilines is 1. The lowest BCUT2D eigenvalue weighted by atomic mass is 9.95. The second-order valence-electron chi connectivity index (χ2n) is 5.40. The largest absolute Gasteiger partial charge is 0.366 e. The summed E-state index contributed by atoms with van der Waals surface area (Å²) in [6.07, 6.45) is 7.33. The van der Waals surface area contributed by atoms with Crippen molar-refractivity contribution in [1.82, 2.24) is 9.97 Å². The van der Waals surface area contributed by atoms with Crippen LogP contribution in [0.1, 0.15) is 51.3 Å². The molecule has 1 aromatic heterocycles. The van der Waals surface area contributed by atoms with Crippen molar-refractivity contribution in [3.8, 4) is 0 Å². The van der Waals surface area contributed by atoms with Crippen LogP contribution in [-0.4, -0.2) is 27.5 Å². The number of nitrogens with one attached hydrogen (secondary N) is 1. The molecular weight excluding hydrogens is 278 g/mol. The molecule has 1 fully saturated rings. The molecule has 0 amide bonds.